The van der Waals surface area contributed by atoms with Gasteiger partial charge in [0.2, 0.25) is 5.82 Å². The van der Waals surface area contributed by atoms with Crippen LogP contribution in [0.1, 0.15) is 38.4 Å². The van der Waals surface area contributed by atoms with Crippen molar-refractivity contribution >= 4 is 11.6 Å². The number of benzene rings is 3. The monoisotopic (exact) mass is 410 g/mol. The van der Waals surface area contributed by atoms with Gasteiger partial charge in [-0.2, -0.15) is 0 Å². The highest BCUT2D eigenvalue weighted by Gasteiger charge is 2.21. The summed E-state index contributed by atoms with van der Waals surface area (Å²) in [6, 6.07) is 20.2. The van der Waals surface area contributed by atoms with Crippen molar-refractivity contribution in [2.75, 3.05) is 5.32 Å². The van der Waals surface area contributed by atoms with Crippen LogP contribution >= 0.6 is 0 Å². The third kappa shape index (κ3) is 4.12. The molecule has 0 atom stereocenters. The van der Waals surface area contributed by atoms with Gasteiger partial charge >= 0.3 is 0 Å². The number of amides is 1. The lowest BCUT2D eigenvalue weighted by atomic mass is 10.1. The molecule has 1 N–H and O–H groups in total. The third-order valence-electron chi connectivity index (χ3n) is 5.39. The number of hydrogen-bond acceptors (Lipinski definition) is 3. The lowest BCUT2D eigenvalue weighted by Crippen LogP contribution is -2.16. The molecule has 31 heavy (non-hydrogen) atoms. The van der Waals surface area contributed by atoms with Crippen molar-refractivity contribution in [3.05, 3.63) is 94.3 Å². The maximum Gasteiger partial charge on any atom is 0.295 e. The van der Waals surface area contributed by atoms with Gasteiger partial charge in [-0.05, 0) is 63.4 Å². The minimum Gasteiger partial charge on any atom is -0.319 e. The van der Waals surface area contributed by atoms with E-state index in [1.54, 1.807) is 4.68 Å². The summed E-state index contributed by atoms with van der Waals surface area (Å²) in [5.74, 6) is 0.455. The fourth-order valence-electron chi connectivity index (χ4n) is 3.77. The normalized spacial score (nSPS) is 10.9. The van der Waals surface area contributed by atoms with E-state index in [2.05, 4.69) is 34.5 Å². The minimum absolute atomic E-state index is 0.138. The Labute approximate surface area is 182 Å². The molecule has 0 aliphatic rings. The van der Waals surface area contributed by atoms with E-state index < -0.39 is 0 Å². The van der Waals surface area contributed by atoms with Crippen LogP contribution in [0.3, 0.4) is 0 Å². The number of nitrogens with one attached hydrogen (secondary N) is 1. The molecule has 0 aliphatic heterocycles. The van der Waals surface area contributed by atoms with Crippen molar-refractivity contribution in [1.82, 2.24) is 14.8 Å². The first kappa shape index (κ1) is 20.5. The van der Waals surface area contributed by atoms with Crippen LogP contribution in [-0.2, 0) is 0 Å². The Kier molecular flexibility index (Phi) is 5.42. The SMILES string of the molecule is Cc1cccc(-c2nc(C(=O)Nc3c(C)cccc3C)nn2-c2ccc(C)cc2C)c1. The second kappa shape index (κ2) is 8.19. The number of para-hydroxylation sites is 1. The highest BCUT2D eigenvalue weighted by Crippen LogP contribution is 2.25. The van der Waals surface area contributed by atoms with Crippen LogP contribution in [-0.4, -0.2) is 20.7 Å². The van der Waals surface area contributed by atoms with Gasteiger partial charge < -0.3 is 5.32 Å². The van der Waals surface area contributed by atoms with Crippen LogP contribution in [0.5, 0.6) is 0 Å². The molecule has 0 spiro atoms. The van der Waals surface area contributed by atoms with Gasteiger partial charge in [-0.3, -0.25) is 4.79 Å². The fourth-order valence-corrected chi connectivity index (χ4v) is 3.77. The highest BCUT2D eigenvalue weighted by molar-refractivity contribution is 6.02. The van der Waals surface area contributed by atoms with E-state index in [1.165, 1.54) is 5.56 Å². The molecule has 1 heterocycles. The molecule has 0 saturated heterocycles. The molecule has 0 unspecified atom stereocenters. The molecule has 4 aromatic rings. The summed E-state index contributed by atoms with van der Waals surface area (Å²) in [4.78, 5) is 17.8. The summed E-state index contributed by atoms with van der Waals surface area (Å²) in [5, 5.41) is 7.62. The van der Waals surface area contributed by atoms with Gasteiger partial charge in [0, 0.05) is 11.3 Å². The minimum atomic E-state index is -0.324. The summed E-state index contributed by atoms with van der Waals surface area (Å²) in [6.07, 6.45) is 0. The summed E-state index contributed by atoms with van der Waals surface area (Å²) in [6.45, 7) is 10.1. The van der Waals surface area contributed by atoms with Crippen molar-refractivity contribution in [2.45, 2.75) is 34.6 Å². The molecular weight excluding hydrogens is 384 g/mol. The number of carbonyl (C=O) groups excluding carboxylic acids is 1. The van der Waals surface area contributed by atoms with Crippen LogP contribution in [0.25, 0.3) is 17.1 Å². The van der Waals surface area contributed by atoms with E-state index in [0.717, 1.165) is 39.2 Å². The van der Waals surface area contributed by atoms with E-state index in [-0.39, 0.29) is 11.7 Å². The Morgan fingerprint density at radius 2 is 1.48 bits per heavy atom. The van der Waals surface area contributed by atoms with Gasteiger partial charge in [0.25, 0.3) is 5.91 Å². The first-order valence-corrected chi connectivity index (χ1v) is 10.3. The lowest BCUT2D eigenvalue weighted by Gasteiger charge is -2.10. The highest BCUT2D eigenvalue weighted by atomic mass is 16.2. The largest absolute Gasteiger partial charge is 0.319 e. The molecule has 0 fully saturated rings. The summed E-state index contributed by atoms with van der Waals surface area (Å²) >= 11 is 0. The van der Waals surface area contributed by atoms with E-state index in [0.29, 0.717) is 5.82 Å². The smallest absolute Gasteiger partial charge is 0.295 e. The molecule has 0 aliphatic carbocycles. The molecule has 0 saturated carbocycles. The Morgan fingerprint density at radius 3 is 2.16 bits per heavy atom. The molecular formula is C26H26N4O. The lowest BCUT2D eigenvalue weighted by molar-refractivity contribution is 0.101. The van der Waals surface area contributed by atoms with E-state index >= 15 is 0 Å². The molecule has 5 heteroatoms. The third-order valence-corrected chi connectivity index (χ3v) is 5.39. The van der Waals surface area contributed by atoms with Crippen molar-refractivity contribution in [3.63, 3.8) is 0 Å². The second-order valence-corrected chi connectivity index (χ2v) is 8.05. The van der Waals surface area contributed by atoms with Gasteiger partial charge in [0.15, 0.2) is 5.82 Å². The topological polar surface area (TPSA) is 59.8 Å². The number of aryl methyl sites for hydroxylation is 5. The second-order valence-electron chi connectivity index (χ2n) is 8.05. The standard InChI is InChI=1S/C26H26N4O/c1-16-8-6-11-21(15-16)25-28-24(26(31)27-23-18(3)9-7-10-19(23)4)29-30(25)22-13-12-17(2)14-20(22)5/h6-15H,1-5H3,(H,27,31). The maximum absolute atomic E-state index is 13.1. The Bertz CT molecular complexity index is 1270. The van der Waals surface area contributed by atoms with Crippen LogP contribution in [0.2, 0.25) is 0 Å². The molecule has 3 aromatic carbocycles. The number of rotatable bonds is 4. The molecule has 1 amide bonds. The van der Waals surface area contributed by atoms with E-state index in [4.69, 9.17) is 0 Å². The van der Waals surface area contributed by atoms with Crippen molar-refractivity contribution in [2.24, 2.45) is 0 Å². The van der Waals surface area contributed by atoms with Gasteiger partial charge in [-0.25, -0.2) is 9.67 Å². The van der Waals surface area contributed by atoms with Gasteiger partial charge in [-0.15, -0.1) is 5.10 Å². The molecule has 0 radical (unpaired) electrons. The van der Waals surface area contributed by atoms with Crippen molar-refractivity contribution in [3.8, 4) is 17.1 Å². The predicted octanol–water partition coefficient (Wildman–Crippen LogP) is 5.73. The zero-order chi connectivity index (χ0) is 22.1. The summed E-state index contributed by atoms with van der Waals surface area (Å²) < 4.78 is 1.77. The zero-order valence-electron chi connectivity index (χ0n) is 18.5. The summed E-state index contributed by atoms with van der Waals surface area (Å²) in [5.41, 5.74) is 7.98. The number of nitrogens with zero attached hydrogens (tertiary/aromatic N) is 3. The van der Waals surface area contributed by atoms with Crippen LogP contribution < -0.4 is 5.32 Å². The first-order valence-electron chi connectivity index (χ1n) is 10.3. The average Bonchev–Trinajstić information content (AvgIpc) is 3.16. The predicted molar refractivity (Wildman–Crippen MR) is 125 cm³/mol. The molecule has 4 rings (SSSR count). The Balaban J connectivity index is 1.82. The van der Waals surface area contributed by atoms with Crippen molar-refractivity contribution in [1.29, 1.82) is 0 Å². The van der Waals surface area contributed by atoms with E-state index in [1.807, 2.05) is 76.2 Å². The average molecular weight is 411 g/mol. The zero-order valence-corrected chi connectivity index (χ0v) is 18.5. The molecule has 0 bridgehead atoms. The number of carbonyl (C=O) groups is 1. The molecule has 5 nitrogen and oxygen atoms in total. The molecule has 1 aromatic heterocycles. The van der Waals surface area contributed by atoms with Crippen molar-refractivity contribution < 1.29 is 4.79 Å². The van der Waals surface area contributed by atoms with Crippen LogP contribution in [0, 0.1) is 34.6 Å². The fraction of sp³-hybridized carbons (Fsp3) is 0.192. The summed E-state index contributed by atoms with van der Waals surface area (Å²) in [7, 11) is 0. The number of hydrogen-bond donors (Lipinski definition) is 1. The molecule has 156 valence electrons. The van der Waals surface area contributed by atoms with Crippen LogP contribution in [0.4, 0.5) is 5.69 Å². The maximum atomic E-state index is 13.1. The Morgan fingerprint density at radius 1 is 0.806 bits per heavy atom. The number of anilines is 1. The van der Waals surface area contributed by atoms with Gasteiger partial charge in [0.1, 0.15) is 0 Å². The van der Waals surface area contributed by atoms with Gasteiger partial charge in [0.05, 0.1) is 5.69 Å². The van der Waals surface area contributed by atoms with E-state index in [9.17, 15) is 4.79 Å². The van der Waals surface area contributed by atoms with Crippen LogP contribution in [0.15, 0.2) is 60.7 Å². The quantitative estimate of drug-likeness (QED) is 0.467. The van der Waals surface area contributed by atoms with Gasteiger partial charge in [-0.1, -0.05) is 59.7 Å². The number of aromatic nitrogens is 3. The first-order chi connectivity index (χ1) is 14.8. The Hall–Kier alpha value is -3.73.